The molecule has 0 saturated heterocycles. The van der Waals surface area contributed by atoms with Crippen LogP contribution in [-0.4, -0.2) is 26.4 Å². The second-order valence-electron chi connectivity index (χ2n) is 8.30. The Morgan fingerprint density at radius 1 is 1.05 bits per heavy atom. The number of fused-ring (bicyclic) bond motifs is 1. The second-order valence-corrected chi connectivity index (χ2v) is 11.0. The predicted molar refractivity (Wildman–Crippen MR) is 144 cm³/mol. The van der Waals surface area contributed by atoms with E-state index in [9.17, 15) is 13.2 Å². The van der Waals surface area contributed by atoms with Gasteiger partial charge in [0.25, 0.3) is 15.9 Å². The molecule has 2 aromatic heterocycles. The summed E-state index contributed by atoms with van der Waals surface area (Å²) in [5, 5.41) is 0.508. The van der Waals surface area contributed by atoms with Gasteiger partial charge in [0, 0.05) is 17.3 Å². The first-order chi connectivity index (χ1) is 17.8. The summed E-state index contributed by atoms with van der Waals surface area (Å²) in [4.78, 5) is 20.0. The van der Waals surface area contributed by atoms with Crippen LogP contribution in [0.5, 0.6) is 5.75 Å². The Morgan fingerprint density at radius 2 is 1.81 bits per heavy atom. The lowest BCUT2D eigenvalue weighted by molar-refractivity contribution is 0.0983. The average molecular weight is 534 g/mol. The normalized spacial score (nSPS) is 11.4. The zero-order valence-electron chi connectivity index (χ0n) is 20.0. The number of anilines is 2. The molecule has 5 rings (SSSR count). The second kappa shape index (κ2) is 10.1. The molecule has 0 spiro atoms. The van der Waals surface area contributed by atoms with Crippen LogP contribution in [0.1, 0.15) is 21.7 Å². The highest BCUT2D eigenvalue weighted by atomic mass is 32.2. The van der Waals surface area contributed by atoms with E-state index in [1.54, 1.807) is 78.9 Å². The highest BCUT2D eigenvalue weighted by Crippen LogP contribution is 2.33. The first kappa shape index (κ1) is 24.5. The number of methoxy groups -OCH3 is 1. The van der Waals surface area contributed by atoms with E-state index < -0.39 is 10.0 Å². The van der Waals surface area contributed by atoms with E-state index in [1.165, 1.54) is 11.3 Å². The number of nitrogens with zero attached hydrogens (tertiary/aromatic N) is 2. The van der Waals surface area contributed by atoms with Crippen LogP contribution >= 0.6 is 11.3 Å². The van der Waals surface area contributed by atoms with Gasteiger partial charge in [-0.15, -0.1) is 0 Å². The molecule has 1 N–H and O–H groups in total. The van der Waals surface area contributed by atoms with E-state index in [1.807, 2.05) is 25.1 Å². The Balaban J connectivity index is 1.42. The lowest BCUT2D eigenvalue weighted by Crippen LogP contribution is -2.30. The summed E-state index contributed by atoms with van der Waals surface area (Å²) in [7, 11) is -2.16. The fourth-order valence-corrected chi connectivity index (χ4v) is 5.69. The number of furan rings is 1. The van der Waals surface area contributed by atoms with Crippen molar-refractivity contribution in [3.05, 3.63) is 102 Å². The third-order valence-corrected chi connectivity index (χ3v) is 8.13. The zero-order valence-corrected chi connectivity index (χ0v) is 21.7. The number of rotatable bonds is 8. The van der Waals surface area contributed by atoms with Crippen molar-refractivity contribution in [2.75, 3.05) is 16.7 Å². The van der Waals surface area contributed by atoms with Gasteiger partial charge in [-0.3, -0.25) is 14.4 Å². The Bertz CT molecular complexity index is 1640. The van der Waals surface area contributed by atoms with Crippen molar-refractivity contribution in [1.82, 2.24) is 4.98 Å². The molecule has 37 heavy (non-hydrogen) atoms. The molecule has 0 radical (unpaired) electrons. The van der Waals surface area contributed by atoms with Crippen LogP contribution in [0.15, 0.2) is 94.4 Å². The predicted octanol–water partition coefficient (Wildman–Crippen LogP) is 5.85. The van der Waals surface area contributed by atoms with Gasteiger partial charge in [0.2, 0.25) is 0 Å². The molecule has 188 valence electrons. The molecular weight excluding hydrogens is 510 g/mol. The van der Waals surface area contributed by atoms with Crippen molar-refractivity contribution < 1.29 is 22.4 Å². The van der Waals surface area contributed by atoms with E-state index in [0.29, 0.717) is 27.9 Å². The van der Waals surface area contributed by atoms with Crippen LogP contribution in [0.2, 0.25) is 0 Å². The average Bonchev–Trinajstić information content (AvgIpc) is 3.56. The topological polar surface area (TPSA) is 102 Å². The lowest BCUT2D eigenvalue weighted by atomic mass is 10.2. The number of hydrogen-bond donors (Lipinski definition) is 1. The van der Waals surface area contributed by atoms with Crippen LogP contribution in [0.3, 0.4) is 0 Å². The van der Waals surface area contributed by atoms with Gasteiger partial charge < -0.3 is 9.15 Å². The van der Waals surface area contributed by atoms with Gasteiger partial charge in [0.05, 0.1) is 35.0 Å². The highest BCUT2D eigenvalue weighted by Gasteiger charge is 2.23. The monoisotopic (exact) mass is 533 g/mol. The number of thiazole rings is 1. The van der Waals surface area contributed by atoms with E-state index >= 15 is 0 Å². The maximum atomic E-state index is 13.6. The number of hydrogen-bond acceptors (Lipinski definition) is 7. The molecule has 0 unspecified atom stereocenters. The minimum Gasteiger partial charge on any atom is -0.497 e. The first-order valence-corrected chi connectivity index (χ1v) is 13.6. The molecule has 2 heterocycles. The smallest absolute Gasteiger partial charge is 0.261 e. The summed E-state index contributed by atoms with van der Waals surface area (Å²) >= 11 is 1.38. The van der Waals surface area contributed by atoms with Gasteiger partial charge in [-0.1, -0.05) is 29.0 Å². The summed E-state index contributed by atoms with van der Waals surface area (Å²) in [6.07, 6.45) is 1.55. The minimum atomic E-state index is -3.75. The van der Waals surface area contributed by atoms with Gasteiger partial charge in [-0.25, -0.2) is 13.4 Å². The van der Waals surface area contributed by atoms with Crippen molar-refractivity contribution in [3.63, 3.8) is 0 Å². The molecule has 0 aliphatic rings. The standard InChI is InChI=1S/C27H23N3O5S2/c1-18-5-12-23(13-6-18)37(32,33)29-20-9-7-19(8-10-20)26(31)30(17-22-4-3-15-35-22)27-28-24-16-21(34-2)11-14-25(24)36-27/h3-16,29H,17H2,1-2H3. The number of ether oxygens (including phenoxy) is 1. The van der Waals surface area contributed by atoms with Gasteiger partial charge >= 0.3 is 0 Å². The fraction of sp³-hybridized carbons (Fsp3) is 0.111. The highest BCUT2D eigenvalue weighted by molar-refractivity contribution is 7.92. The van der Waals surface area contributed by atoms with Crippen LogP contribution in [-0.2, 0) is 16.6 Å². The summed E-state index contributed by atoms with van der Waals surface area (Å²) in [5.41, 5.74) is 2.41. The Kier molecular flexibility index (Phi) is 6.68. The summed E-state index contributed by atoms with van der Waals surface area (Å²) in [5.74, 6) is 0.986. The van der Waals surface area contributed by atoms with Crippen molar-refractivity contribution in [3.8, 4) is 5.75 Å². The number of sulfonamides is 1. The maximum Gasteiger partial charge on any atom is 0.261 e. The molecule has 0 bridgehead atoms. The molecular formula is C27H23N3O5S2. The molecule has 0 aliphatic heterocycles. The number of benzene rings is 3. The largest absolute Gasteiger partial charge is 0.497 e. The van der Waals surface area contributed by atoms with Crippen molar-refractivity contribution in [1.29, 1.82) is 0 Å². The molecule has 3 aromatic carbocycles. The molecule has 0 saturated carbocycles. The maximum absolute atomic E-state index is 13.6. The van der Waals surface area contributed by atoms with Gasteiger partial charge in [0.1, 0.15) is 11.5 Å². The molecule has 8 nitrogen and oxygen atoms in total. The summed E-state index contributed by atoms with van der Waals surface area (Å²) < 4.78 is 39.7. The quantitative estimate of drug-likeness (QED) is 0.268. The summed E-state index contributed by atoms with van der Waals surface area (Å²) in [6, 6.07) is 22.0. The van der Waals surface area contributed by atoms with Crippen LogP contribution in [0.4, 0.5) is 10.8 Å². The molecule has 5 aromatic rings. The van der Waals surface area contributed by atoms with Gasteiger partial charge in [-0.05, 0) is 67.6 Å². The molecule has 0 atom stereocenters. The SMILES string of the molecule is COc1ccc2sc(N(Cc3ccco3)C(=O)c3ccc(NS(=O)(=O)c4ccc(C)cc4)cc3)nc2c1. The lowest BCUT2D eigenvalue weighted by Gasteiger charge is -2.19. The molecule has 1 amide bonds. The number of carbonyl (C=O) groups excluding carboxylic acids is 1. The first-order valence-electron chi connectivity index (χ1n) is 11.3. The Morgan fingerprint density at radius 3 is 2.49 bits per heavy atom. The van der Waals surface area contributed by atoms with E-state index in [2.05, 4.69) is 9.71 Å². The number of aryl methyl sites for hydroxylation is 1. The van der Waals surface area contributed by atoms with Crippen LogP contribution < -0.4 is 14.4 Å². The fourth-order valence-electron chi connectivity index (χ4n) is 3.69. The zero-order chi connectivity index (χ0) is 26.0. The van der Waals surface area contributed by atoms with Gasteiger partial charge in [0.15, 0.2) is 5.13 Å². The molecule has 0 fully saturated rings. The number of amides is 1. The van der Waals surface area contributed by atoms with Crippen LogP contribution in [0, 0.1) is 6.92 Å². The van der Waals surface area contributed by atoms with Gasteiger partial charge in [-0.2, -0.15) is 0 Å². The van der Waals surface area contributed by atoms with Crippen molar-refractivity contribution in [2.24, 2.45) is 0 Å². The van der Waals surface area contributed by atoms with E-state index in [0.717, 1.165) is 15.8 Å². The molecule has 0 aliphatic carbocycles. The number of nitrogens with one attached hydrogen (secondary N) is 1. The molecule has 10 heteroatoms. The summed E-state index contributed by atoms with van der Waals surface area (Å²) in [6.45, 7) is 2.07. The Labute approximate surface area is 218 Å². The third-order valence-electron chi connectivity index (χ3n) is 5.67. The van der Waals surface area contributed by atoms with E-state index in [4.69, 9.17) is 9.15 Å². The van der Waals surface area contributed by atoms with Crippen molar-refractivity contribution >= 4 is 48.3 Å². The number of aromatic nitrogens is 1. The van der Waals surface area contributed by atoms with Crippen LogP contribution in [0.25, 0.3) is 10.2 Å². The van der Waals surface area contributed by atoms with E-state index in [-0.39, 0.29) is 17.3 Å². The number of carbonyl (C=O) groups is 1. The Hall–Kier alpha value is -4.15. The third kappa shape index (κ3) is 5.35. The van der Waals surface area contributed by atoms with Crippen molar-refractivity contribution in [2.45, 2.75) is 18.4 Å². The minimum absolute atomic E-state index is 0.162.